The molecule has 1 heterocycles. The molecule has 0 aliphatic heterocycles. The zero-order chi connectivity index (χ0) is 26.9. The number of aromatic nitrogens is 1. The van der Waals surface area contributed by atoms with E-state index in [2.05, 4.69) is 42.3 Å². The predicted molar refractivity (Wildman–Crippen MR) is 146 cm³/mol. The lowest BCUT2D eigenvalue weighted by Crippen LogP contribution is -2.37. The molecule has 200 valence electrons. The van der Waals surface area contributed by atoms with Crippen molar-refractivity contribution in [1.29, 1.82) is 0 Å². The number of carbonyl (C=O) groups excluding carboxylic acids is 1. The molecular formula is C30H39ClFN3O2. The van der Waals surface area contributed by atoms with Gasteiger partial charge in [0.25, 0.3) is 11.5 Å². The van der Waals surface area contributed by atoms with Crippen molar-refractivity contribution in [2.24, 2.45) is 16.7 Å². The summed E-state index contributed by atoms with van der Waals surface area (Å²) in [5, 5.41) is 3.40. The van der Waals surface area contributed by atoms with E-state index in [-0.39, 0.29) is 34.8 Å². The highest BCUT2D eigenvalue weighted by molar-refractivity contribution is 6.31. The van der Waals surface area contributed by atoms with Gasteiger partial charge in [-0.15, -0.1) is 0 Å². The first kappa shape index (κ1) is 26.4. The molecule has 0 bridgehead atoms. The van der Waals surface area contributed by atoms with Crippen LogP contribution in [0.15, 0.2) is 16.9 Å². The molecule has 3 aliphatic rings. The number of benzene rings is 1. The Labute approximate surface area is 224 Å². The Bertz CT molecular complexity index is 1310. The maximum absolute atomic E-state index is 14.3. The van der Waals surface area contributed by atoms with E-state index in [4.69, 9.17) is 11.6 Å². The number of nitrogens with zero attached hydrogens (tertiary/aromatic N) is 1. The number of H-pyrrole nitrogens is 1. The van der Waals surface area contributed by atoms with Crippen LogP contribution in [0.3, 0.4) is 0 Å². The second kappa shape index (κ2) is 9.23. The maximum Gasteiger partial charge on any atom is 0.253 e. The Morgan fingerprint density at radius 2 is 1.86 bits per heavy atom. The molecule has 3 atom stereocenters. The number of rotatable bonds is 7. The third kappa shape index (κ3) is 3.89. The summed E-state index contributed by atoms with van der Waals surface area (Å²) in [5.41, 5.74) is 3.83. The third-order valence-corrected chi connectivity index (χ3v) is 10.3. The van der Waals surface area contributed by atoms with Crippen LogP contribution in [0.1, 0.15) is 89.7 Å². The second-order valence-corrected chi connectivity index (χ2v) is 12.4. The smallest absolute Gasteiger partial charge is 0.253 e. The van der Waals surface area contributed by atoms with Gasteiger partial charge < -0.3 is 15.2 Å². The van der Waals surface area contributed by atoms with Crippen molar-refractivity contribution >= 4 is 17.5 Å². The topological polar surface area (TPSA) is 65.2 Å². The van der Waals surface area contributed by atoms with Crippen molar-refractivity contribution in [3.05, 3.63) is 66.8 Å². The molecule has 3 fully saturated rings. The SMILES string of the molecule is CCCC12C(c3cc(Cl)cc(C(=O)NCc4c(C)c(F)c(C)[nH]c4=O)c3C)C1C21CCC(N(C)C)CC1. The molecule has 0 saturated heterocycles. The zero-order valence-electron chi connectivity index (χ0n) is 22.9. The molecule has 3 aliphatic carbocycles. The van der Waals surface area contributed by atoms with Crippen LogP contribution in [0.2, 0.25) is 5.02 Å². The van der Waals surface area contributed by atoms with Gasteiger partial charge in [0.1, 0.15) is 5.82 Å². The fourth-order valence-electron chi connectivity index (χ4n) is 8.16. The summed E-state index contributed by atoms with van der Waals surface area (Å²) >= 11 is 6.57. The minimum atomic E-state index is -0.451. The molecular weight excluding hydrogens is 489 g/mol. The molecule has 5 rings (SSSR count). The van der Waals surface area contributed by atoms with Gasteiger partial charge in [-0.2, -0.15) is 0 Å². The van der Waals surface area contributed by atoms with Crippen LogP contribution in [-0.2, 0) is 6.54 Å². The fourth-order valence-corrected chi connectivity index (χ4v) is 8.39. The van der Waals surface area contributed by atoms with Crippen molar-refractivity contribution < 1.29 is 9.18 Å². The van der Waals surface area contributed by atoms with Crippen LogP contribution in [-0.4, -0.2) is 35.9 Å². The molecule has 7 heteroatoms. The summed E-state index contributed by atoms with van der Waals surface area (Å²) in [6.45, 7) is 7.34. The largest absolute Gasteiger partial charge is 0.348 e. The molecule has 2 aromatic rings. The number of hydrogen-bond acceptors (Lipinski definition) is 3. The summed E-state index contributed by atoms with van der Waals surface area (Å²) in [7, 11) is 4.38. The van der Waals surface area contributed by atoms with Gasteiger partial charge in [-0.3, -0.25) is 9.59 Å². The van der Waals surface area contributed by atoms with Gasteiger partial charge >= 0.3 is 0 Å². The van der Waals surface area contributed by atoms with Gasteiger partial charge in [0, 0.05) is 28.7 Å². The van der Waals surface area contributed by atoms with Crippen LogP contribution in [0, 0.1) is 43.3 Å². The van der Waals surface area contributed by atoms with Crippen molar-refractivity contribution in [3.8, 4) is 0 Å². The first-order chi connectivity index (χ1) is 17.5. The Morgan fingerprint density at radius 1 is 1.19 bits per heavy atom. The van der Waals surface area contributed by atoms with Crippen LogP contribution in [0.5, 0.6) is 0 Å². The monoisotopic (exact) mass is 527 g/mol. The Morgan fingerprint density at radius 3 is 2.49 bits per heavy atom. The van der Waals surface area contributed by atoms with E-state index in [0.29, 0.717) is 39.3 Å². The van der Waals surface area contributed by atoms with Crippen LogP contribution < -0.4 is 10.9 Å². The third-order valence-electron chi connectivity index (χ3n) is 10.1. The van der Waals surface area contributed by atoms with Crippen LogP contribution in [0.4, 0.5) is 4.39 Å². The second-order valence-electron chi connectivity index (χ2n) is 11.9. The minimum absolute atomic E-state index is 0.0412. The number of nitrogens with one attached hydrogen (secondary N) is 2. The number of amides is 1. The van der Waals surface area contributed by atoms with E-state index in [1.165, 1.54) is 51.0 Å². The van der Waals surface area contributed by atoms with Gasteiger partial charge in [-0.05, 0) is 118 Å². The van der Waals surface area contributed by atoms with Gasteiger partial charge in [-0.1, -0.05) is 24.9 Å². The number of halogens is 2. The van der Waals surface area contributed by atoms with Crippen molar-refractivity contribution in [2.45, 2.75) is 84.7 Å². The standard InChI is InChI=1S/C30H39ClFN3O2/c1-7-10-30-24(26(30)29(30)11-8-20(9-12-29)35(5)6)21-13-19(31)14-22(16(21)2)27(36)33-15-23-17(3)25(32)18(4)34-28(23)37/h13-14,20,24,26H,7-12,15H2,1-6H3,(H,33,36)(H,34,37). The van der Waals surface area contributed by atoms with E-state index in [1.54, 1.807) is 13.0 Å². The molecule has 0 radical (unpaired) electrons. The lowest BCUT2D eigenvalue weighted by atomic mass is 9.67. The Hall–Kier alpha value is -2.18. The molecule has 37 heavy (non-hydrogen) atoms. The Balaban J connectivity index is 1.37. The van der Waals surface area contributed by atoms with Crippen LogP contribution >= 0.6 is 11.6 Å². The van der Waals surface area contributed by atoms with Crippen molar-refractivity contribution in [3.63, 3.8) is 0 Å². The molecule has 3 saturated carbocycles. The number of aryl methyl sites for hydroxylation is 1. The summed E-state index contributed by atoms with van der Waals surface area (Å²) < 4.78 is 14.3. The minimum Gasteiger partial charge on any atom is -0.348 e. The molecule has 5 nitrogen and oxygen atoms in total. The highest BCUT2D eigenvalue weighted by Gasteiger charge is 2.93. The molecule has 1 aromatic heterocycles. The fraction of sp³-hybridized carbons (Fsp3) is 0.600. The summed E-state index contributed by atoms with van der Waals surface area (Å²) in [6.07, 6.45) is 7.52. The van der Waals surface area contributed by atoms with Gasteiger partial charge in [0.15, 0.2) is 0 Å². The number of fused-ring (bicyclic) bond motifs is 3. The quantitative estimate of drug-likeness (QED) is 0.462. The van der Waals surface area contributed by atoms with E-state index in [1.807, 2.05) is 6.92 Å². The lowest BCUT2D eigenvalue weighted by Gasteiger charge is -2.41. The Kier molecular flexibility index (Phi) is 6.59. The number of hydrogen-bond donors (Lipinski definition) is 2. The van der Waals surface area contributed by atoms with Crippen LogP contribution in [0.25, 0.3) is 0 Å². The predicted octanol–water partition coefficient (Wildman–Crippen LogP) is 6.03. The van der Waals surface area contributed by atoms with E-state index >= 15 is 0 Å². The normalized spacial score (nSPS) is 29.9. The number of carbonyl (C=O) groups is 1. The highest BCUT2D eigenvalue weighted by atomic mass is 35.5. The maximum atomic E-state index is 14.3. The number of pyridine rings is 1. The van der Waals surface area contributed by atoms with Crippen molar-refractivity contribution in [2.75, 3.05) is 14.1 Å². The van der Waals surface area contributed by atoms with Gasteiger partial charge in [-0.25, -0.2) is 4.39 Å². The molecule has 1 amide bonds. The molecule has 2 N–H and O–H groups in total. The first-order valence-electron chi connectivity index (χ1n) is 13.6. The van der Waals surface area contributed by atoms with Gasteiger partial charge in [0.2, 0.25) is 0 Å². The zero-order valence-corrected chi connectivity index (χ0v) is 23.6. The number of aromatic amines is 1. The summed E-state index contributed by atoms with van der Waals surface area (Å²) in [6, 6.07) is 4.45. The summed E-state index contributed by atoms with van der Waals surface area (Å²) in [4.78, 5) is 30.5. The summed E-state index contributed by atoms with van der Waals surface area (Å²) in [5.74, 6) is 0.409. The average Bonchev–Trinajstić information content (AvgIpc) is 3.69. The average molecular weight is 528 g/mol. The van der Waals surface area contributed by atoms with Crippen molar-refractivity contribution in [1.82, 2.24) is 15.2 Å². The highest BCUT2D eigenvalue weighted by Crippen LogP contribution is 2.99. The molecule has 1 spiro atoms. The molecule has 3 unspecified atom stereocenters. The molecule has 1 aromatic carbocycles. The van der Waals surface area contributed by atoms with E-state index < -0.39 is 5.82 Å². The van der Waals surface area contributed by atoms with E-state index in [0.717, 1.165) is 5.56 Å². The van der Waals surface area contributed by atoms with Gasteiger partial charge in [0.05, 0.1) is 5.69 Å². The lowest BCUT2D eigenvalue weighted by molar-refractivity contribution is 0.0949. The van der Waals surface area contributed by atoms with E-state index in [9.17, 15) is 14.0 Å². The first-order valence-corrected chi connectivity index (χ1v) is 14.0.